The molecule has 1 N–H and O–H groups in total. The largest absolute Gasteiger partial charge is 0.481 e. The van der Waals surface area contributed by atoms with Crippen LogP contribution in [0.1, 0.15) is 17.9 Å². The number of carboxylic acids is 1. The van der Waals surface area contributed by atoms with Crippen LogP contribution >= 0.6 is 15.9 Å². The molecule has 0 heterocycles. The molecule has 0 aliphatic heterocycles. The highest BCUT2D eigenvalue weighted by Crippen LogP contribution is 2.47. The number of halogens is 1. The molecule has 0 aromatic heterocycles. The SMILES string of the molecule is O=C(O)[C@@H]1CC1c1ccc(Br)cc1. The monoisotopic (exact) mass is 240 g/mol. The first-order valence-electron chi connectivity index (χ1n) is 4.17. The summed E-state index contributed by atoms with van der Waals surface area (Å²) in [5.74, 6) is -0.584. The normalized spacial score (nSPS) is 25.6. The van der Waals surface area contributed by atoms with Gasteiger partial charge in [-0.25, -0.2) is 0 Å². The van der Waals surface area contributed by atoms with Crippen LogP contribution in [-0.2, 0) is 4.79 Å². The molecule has 1 unspecified atom stereocenters. The Morgan fingerprint density at radius 2 is 2.00 bits per heavy atom. The molecule has 3 heteroatoms. The molecule has 2 rings (SSSR count). The molecule has 2 atom stereocenters. The van der Waals surface area contributed by atoms with Gasteiger partial charge < -0.3 is 5.11 Å². The highest BCUT2D eigenvalue weighted by atomic mass is 79.9. The van der Waals surface area contributed by atoms with Gasteiger partial charge >= 0.3 is 5.97 Å². The van der Waals surface area contributed by atoms with E-state index in [4.69, 9.17) is 5.11 Å². The Kier molecular flexibility index (Phi) is 2.12. The summed E-state index contributed by atoms with van der Waals surface area (Å²) >= 11 is 3.34. The predicted molar refractivity (Wildman–Crippen MR) is 52.6 cm³/mol. The Morgan fingerprint density at radius 3 is 2.46 bits per heavy atom. The summed E-state index contributed by atoms with van der Waals surface area (Å²) in [6.45, 7) is 0. The first-order chi connectivity index (χ1) is 6.18. The highest BCUT2D eigenvalue weighted by Gasteiger charge is 2.43. The maximum absolute atomic E-state index is 10.6. The van der Waals surface area contributed by atoms with Gasteiger partial charge in [-0.2, -0.15) is 0 Å². The molecule has 1 saturated carbocycles. The molecule has 0 radical (unpaired) electrons. The third-order valence-corrected chi connectivity index (χ3v) is 2.93. The van der Waals surface area contributed by atoms with Crippen LogP contribution in [0.5, 0.6) is 0 Å². The third kappa shape index (κ3) is 1.75. The maximum Gasteiger partial charge on any atom is 0.307 e. The van der Waals surface area contributed by atoms with Crippen molar-refractivity contribution < 1.29 is 9.90 Å². The van der Waals surface area contributed by atoms with Crippen molar-refractivity contribution in [2.24, 2.45) is 5.92 Å². The van der Waals surface area contributed by atoms with Crippen LogP contribution < -0.4 is 0 Å². The fraction of sp³-hybridized carbons (Fsp3) is 0.300. The van der Waals surface area contributed by atoms with Gasteiger partial charge in [0.05, 0.1) is 5.92 Å². The zero-order valence-electron chi connectivity index (χ0n) is 6.90. The number of hydrogen-bond donors (Lipinski definition) is 1. The van der Waals surface area contributed by atoms with E-state index in [9.17, 15) is 4.79 Å². The molecule has 0 spiro atoms. The van der Waals surface area contributed by atoms with E-state index in [2.05, 4.69) is 15.9 Å². The molecule has 2 nitrogen and oxygen atoms in total. The summed E-state index contributed by atoms with van der Waals surface area (Å²) < 4.78 is 1.03. The first-order valence-corrected chi connectivity index (χ1v) is 4.96. The van der Waals surface area contributed by atoms with Crippen LogP contribution in [0.3, 0.4) is 0 Å². The van der Waals surface area contributed by atoms with E-state index >= 15 is 0 Å². The second-order valence-corrected chi connectivity index (χ2v) is 4.25. The van der Waals surface area contributed by atoms with E-state index in [-0.39, 0.29) is 11.8 Å². The van der Waals surface area contributed by atoms with Crippen molar-refractivity contribution in [2.75, 3.05) is 0 Å². The Bertz CT molecular complexity index is 331. The summed E-state index contributed by atoms with van der Waals surface area (Å²) in [5.41, 5.74) is 1.13. The van der Waals surface area contributed by atoms with E-state index in [1.165, 1.54) is 0 Å². The molecule has 1 aromatic rings. The molecular formula is C10H9BrO2. The molecular weight excluding hydrogens is 232 g/mol. The standard InChI is InChI=1S/C10H9BrO2/c11-7-3-1-6(2-4-7)8-5-9(8)10(12)13/h1-4,8-9H,5H2,(H,12,13)/t8?,9-/m1/s1. The lowest BCUT2D eigenvalue weighted by atomic mass is 10.1. The van der Waals surface area contributed by atoms with Crippen LogP contribution in [0.25, 0.3) is 0 Å². The Hall–Kier alpha value is -0.830. The lowest BCUT2D eigenvalue weighted by Crippen LogP contribution is -1.98. The average molecular weight is 241 g/mol. The maximum atomic E-state index is 10.6. The zero-order chi connectivity index (χ0) is 9.42. The number of carbonyl (C=O) groups is 1. The van der Waals surface area contributed by atoms with Crippen molar-refractivity contribution in [3.63, 3.8) is 0 Å². The van der Waals surface area contributed by atoms with E-state index in [0.29, 0.717) is 0 Å². The van der Waals surface area contributed by atoms with Crippen LogP contribution in [0.4, 0.5) is 0 Å². The average Bonchev–Trinajstić information content (AvgIpc) is 2.85. The molecule has 68 valence electrons. The minimum absolute atomic E-state index is 0.152. The van der Waals surface area contributed by atoms with Gasteiger partial charge in [-0.3, -0.25) is 4.79 Å². The van der Waals surface area contributed by atoms with Crippen molar-refractivity contribution in [1.82, 2.24) is 0 Å². The summed E-state index contributed by atoms with van der Waals surface area (Å²) in [4.78, 5) is 10.6. The first kappa shape index (κ1) is 8.75. The fourth-order valence-corrected chi connectivity index (χ4v) is 1.81. The molecule has 1 aromatic carbocycles. The molecule has 0 bridgehead atoms. The van der Waals surface area contributed by atoms with E-state index in [1.54, 1.807) is 0 Å². The molecule has 1 fully saturated rings. The second-order valence-electron chi connectivity index (χ2n) is 3.34. The van der Waals surface area contributed by atoms with Crippen molar-refractivity contribution in [1.29, 1.82) is 0 Å². The molecule has 1 aliphatic carbocycles. The third-order valence-electron chi connectivity index (χ3n) is 2.41. The summed E-state index contributed by atoms with van der Waals surface area (Å²) in [5, 5.41) is 8.73. The van der Waals surface area contributed by atoms with Gasteiger partial charge in [-0.1, -0.05) is 28.1 Å². The van der Waals surface area contributed by atoms with E-state index < -0.39 is 5.97 Å². The number of carboxylic acid groups (broad SMARTS) is 1. The van der Waals surface area contributed by atoms with Gasteiger partial charge in [0.15, 0.2) is 0 Å². The highest BCUT2D eigenvalue weighted by molar-refractivity contribution is 9.10. The van der Waals surface area contributed by atoms with Gasteiger partial charge in [0.1, 0.15) is 0 Å². The van der Waals surface area contributed by atoms with Crippen LogP contribution in [-0.4, -0.2) is 11.1 Å². The molecule has 13 heavy (non-hydrogen) atoms. The van der Waals surface area contributed by atoms with E-state index in [1.807, 2.05) is 24.3 Å². The fourth-order valence-electron chi connectivity index (χ4n) is 1.55. The molecule has 0 saturated heterocycles. The minimum Gasteiger partial charge on any atom is -0.481 e. The summed E-state index contributed by atoms with van der Waals surface area (Å²) in [6.07, 6.45) is 0.789. The van der Waals surface area contributed by atoms with Crippen molar-refractivity contribution in [3.8, 4) is 0 Å². The predicted octanol–water partition coefficient (Wildman–Crippen LogP) is 2.64. The number of hydrogen-bond acceptors (Lipinski definition) is 1. The number of benzene rings is 1. The Labute approximate surface area is 84.7 Å². The number of rotatable bonds is 2. The lowest BCUT2D eigenvalue weighted by Gasteiger charge is -1.97. The van der Waals surface area contributed by atoms with E-state index in [0.717, 1.165) is 16.5 Å². The lowest BCUT2D eigenvalue weighted by molar-refractivity contribution is -0.138. The zero-order valence-corrected chi connectivity index (χ0v) is 8.49. The Morgan fingerprint density at radius 1 is 1.38 bits per heavy atom. The van der Waals surface area contributed by atoms with Crippen molar-refractivity contribution >= 4 is 21.9 Å². The van der Waals surface area contributed by atoms with Crippen molar-refractivity contribution in [2.45, 2.75) is 12.3 Å². The van der Waals surface area contributed by atoms with Crippen LogP contribution in [0.2, 0.25) is 0 Å². The number of aliphatic carboxylic acids is 1. The topological polar surface area (TPSA) is 37.3 Å². The van der Waals surface area contributed by atoms with Crippen LogP contribution in [0, 0.1) is 5.92 Å². The molecule has 1 aliphatic rings. The smallest absolute Gasteiger partial charge is 0.307 e. The summed E-state index contributed by atoms with van der Waals surface area (Å²) in [7, 11) is 0. The van der Waals surface area contributed by atoms with Gasteiger partial charge in [0, 0.05) is 4.47 Å². The Balaban J connectivity index is 2.12. The van der Waals surface area contributed by atoms with Crippen molar-refractivity contribution in [3.05, 3.63) is 34.3 Å². The molecule has 0 amide bonds. The van der Waals surface area contributed by atoms with Gasteiger partial charge in [0.25, 0.3) is 0 Å². The van der Waals surface area contributed by atoms with Crippen LogP contribution in [0.15, 0.2) is 28.7 Å². The van der Waals surface area contributed by atoms with Gasteiger partial charge in [-0.15, -0.1) is 0 Å². The minimum atomic E-state index is -0.673. The summed E-state index contributed by atoms with van der Waals surface area (Å²) in [6, 6.07) is 7.87. The van der Waals surface area contributed by atoms with Gasteiger partial charge in [-0.05, 0) is 30.0 Å². The quantitative estimate of drug-likeness (QED) is 0.864. The van der Waals surface area contributed by atoms with Gasteiger partial charge in [0.2, 0.25) is 0 Å². The second kappa shape index (κ2) is 3.14.